The molecule has 0 radical (unpaired) electrons. The number of para-hydroxylation sites is 1. The first-order valence-corrected chi connectivity index (χ1v) is 10.2. The third-order valence-corrected chi connectivity index (χ3v) is 5.85. The first-order valence-electron chi connectivity index (χ1n) is 9.84. The number of non-ortho nitro benzene ring substituents is 1. The molecule has 2 amide bonds. The maximum absolute atomic E-state index is 13.5. The van der Waals surface area contributed by atoms with Crippen molar-refractivity contribution in [2.75, 3.05) is 9.96 Å². The van der Waals surface area contributed by atoms with Gasteiger partial charge < -0.3 is 0 Å². The van der Waals surface area contributed by atoms with Crippen molar-refractivity contribution in [2.45, 2.75) is 12.1 Å². The van der Waals surface area contributed by atoms with Gasteiger partial charge in [-0.3, -0.25) is 24.5 Å². The molecule has 0 aromatic heterocycles. The molecule has 2 fully saturated rings. The number of hydroxylamine groups is 1. The highest BCUT2D eigenvalue weighted by Gasteiger charge is 2.60. The molecule has 9 heteroatoms. The van der Waals surface area contributed by atoms with E-state index in [2.05, 4.69) is 0 Å². The summed E-state index contributed by atoms with van der Waals surface area (Å²) in [7, 11) is 0. The van der Waals surface area contributed by atoms with E-state index in [0.29, 0.717) is 22.0 Å². The topological polar surface area (TPSA) is 93.0 Å². The quantitative estimate of drug-likeness (QED) is 0.335. The summed E-state index contributed by atoms with van der Waals surface area (Å²) >= 11 is 6.06. The number of imide groups is 1. The van der Waals surface area contributed by atoms with Gasteiger partial charge in [-0.05, 0) is 35.9 Å². The average molecular weight is 450 g/mol. The molecule has 3 atom stereocenters. The molecule has 5 rings (SSSR count). The summed E-state index contributed by atoms with van der Waals surface area (Å²) in [4.78, 5) is 44.7. The highest BCUT2D eigenvalue weighted by Crippen LogP contribution is 2.48. The van der Waals surface area contributed by atoms with Gasteiger partial charge in [0.05, 0.1) is 22.3 Å². The Kier molecular flexibility index (Phi) is 4.88. The van der Waals surface area contributed by atoms with Crippen LogP contribution in [0.1, 0.15) is 11.6 Å². The van der Waals surface area contributed by atoms with Crippen molar-refractivity contribution in [2.24, 2.45) is 5.92 Å². The van der Waals surface area contributed by atoms with E-state index in [4.69, 9.17) is 16.4 Å². The Balaban J connectivity index is 1.61. The lowest BCUT2D eigenvalue weighted by Crippen LogP contribution is -2.37. The molecule has 3 aromatic rings. The van der Waals surface area contributed by atoms with Crippen molar-refractivity contribution in [1.82, 2.24) is 0 Å². The van der Waals surface area contributed by atoms with E-state index >= 15 is 0 Å². The van der Waals surface area contributed by atoms with Crippen molar-refractivity contribution in [1.29, 1.82) is 0 Å². The summed E-state index contributed by atoms with van der Waals surface area (Å²) in [6.45, 7) is 0. The van der Waals surface area contributed by atoms with Gasteiger partial charge in [-0.25, -0.2) is 9.96 Å². The molecule has 0 N–H and O–H groups in total. The van der Waals surface area contributed by atoms with Crippen molar-refractivity contribution in [3.8, 4) is 0 Å². The molecule has 3 aromatic carbocycles. The number of nitrogens with zero attached hydrogens (tertiary/aromatic N) is 3. The van der Waals surface area contributed by atoms with Gasteiger partial charge in [-0.15, -0.1) is 0 Å². The molecule has 0 unspecified atom stereocenters. The van der Waals surface area contributed by atoms with Crippen LogP contribution in [0.15, 0.2) is 78.9 Å². The van der Waals surface area contributed by atoms with Crippen LogP contribution in [-0.4, -0.2) is 22.8 Å². The standard InChI is InChI=1S/C23H16ClN3O5/c24-15-7-5-10-17(13-15)25-22(28)19-20(14-6-4-11-18(12-14)27(30)31)26(32-21(19)23(25)29)16-8-2-1-3-9-16/h1-13,19-21H/t19-,20-,21+/m0/s1. The summed E-state index contributed by atoms with van der Waals surface area (Å²) in [6, 6.07) is 20.8. The van der Waals surface area contributed by atoms with E-state index < -0.39 is 34.8 Å². The van der Waals surface area contributed by atoms with E-state index in [-0.39, 0.29) is 5.69 Å². The first-order chi connectivity index (χ1) is 15.5. The van der Waals surface area contributed by atoms with Crippen LogP contribution in [0.5, 0.6) is 0 Å². The third kappa shape index (κ3) is 3.21. The van der Waals surface area contributed by atoms with Gasteiger partial charge >= 0.3 is 0 Å². The number of nitro groups is 1. The second kappa shape index (κ2) is 7.74. The number of carbonyl (C=O) groups excluding carboxylic acids is 2. The summed E-state index contributed by atoms with van der Waals surface area (Å²) in [6.07, 6.45) is -1.06. The molecule has 0 spiro atoms. The summed E-state index contributed by atoms with van der Waals surface area (Å²) in [5.74, 6) is -1.84. The fraction of sp³-hybridized carbons (Fsp3) is 0.130. The Hall–Kier alpha value is -3.75. The predicted octanol–water partition coefficient (Wildman–Crippen LogP) is 4.30. The van der Waals surface area contributed by atoms with E-state index in [1.54, 1.807) is 54.6 Å². The van der Waals surface area contributed by atoms with Gasteiger partial charge in [0.25, 0.3) is 11.6 Å². The molecular weight excluding hydrogens is 434 g/mol. The molecule has 0 saturated carbocycles. The fourth-order valence-corrected chi connectivity index (χ4v) is 4.43. The van der Waals surface area contributed by atoms with Crippen LogP contribution in [-0.2, 0) is 14.4 Å². The minimum absolute atomic E-state index is 0.109. The van der Waals surface area contributed by atoms with Crippen molar-refractivity contribution in [3.05, 3.63) is 99.6 Å². The normalized spacial score (nSPS) is 22.3. The highest BCUT2D eigenvalue weighted by atomic mass is 35.5. The zero-order valence-electron chi connectivity index (χ0n) is 16.5. The molecule has 2 heterocycles. The number of fused-ring (bicyclic) bond motifs is 1. The Morgan fingerprint density at radius 2 is 1.59 bits per heavy atom. The number of anilines is 2. The Labute approximate surface area is 187 Å². The molecule has 2 aliphatic heterocycles. The Morgan fingerprint density at radius 3 is 2.31 bits per heavy atom. The summed E-state index contributed by atoms with van der Waals surface area (Å²) in [5.41, 5.74) is 1.38. The number of hydrogen-bond acceptors (Lipinski definition) is 6. The van der Waals surface area contributed by atoms with Crippen LogP contribution in [0.3, 0.4) is 0 Å². The molecule has 8 nitrogen and oxygen atoms in total. The van der Waals surface area contributed by atoms with Crippen LogP contribution >= 0.6 is 11.6 Å². The van der Waals surface area contributed by atoms with Crippen LogP contribution in [0.25, 0.3) is 0 Å². The summed E-state index contributed by atoms with van der Waals surface area (Å²) in [5, 5.41) is 13.2. The molecule has 2 aliphatic rings. The van der Waals surface area contributed by atoms with Crippen LogP contribution < -0.4 is 9.96 Å². The van der Waals surface area contributed by atoms with E-state index in [1.165, 1.54) is 23.3 Å². The van der Waals surface area contributed by atoms with Crippen molar-refractivity contribution < 1.29 is 19.3 Å². The molecule has 32 heavy (non-hydrogen) atoms. The van der Waals surface area contributed by atoms with Gasteiger partial charge in [0, 0.05) is 17.2 Å². The second-order valence-corrected chi connectivity index (χ2v) is 7.94. The minimum Gasteiger partial charge on any atom is -0.273 e. The van der Waals surface area contributed by atoms with Crippen LogP contribution in [0.2, 0.25) is 5.02 Å². The predicted molar refractivity (Wildman–Crippen MR) is 117 cm³/mol. The molecule has 0 aliphatic carbocycles. The first kappa shape index (κ1) is 20.2. The van der Waals surface area contributed by atoms with Gasteiger partial charge in [0.2, 0.25) is 5.91 Å². The van der Waals surface area contributed by atoms with E-state index in [1.807, 2.05) is 6.07 Å². The molecule has 160 valence electrons. The van der Waals surface area contributed by atoms with E-state index in [9.17, 15) is 19.7 Å². The van der Waals surface area contributed by atoms with Crippen LogP contribution in [0.4, 0.5) is 17.1 Å². The number of benzene rings is 3. The third-order valence-electron chi connectivity index (χ3n) is 5.62. The maximum Gasteiger partial charge on any atom is 0.269 e. The molecule has 2 saturated heterocycles. The largest absolute Gasteiger partial charge is 0.273 e. The number of carbonyl (C=O) groups is 2. The lowest BCUT2D eigenvalue weighted by atomic mass is 9.90. The number of amides is 2. The molecular formula is C23H16ClN3O5. The van der Waals surface area contributed by atoms with Crippen molar-refractivity contribution >= 4 is 40.5 Å². The van der Waals surface area contributed by atoms with Gasteiger partial charge in [-0.1, -0.05) is 48.0 Å². The number of rotatable bonds is 4. The van der Waals surface area contributed by atoms with E-state index in [0.717, 1.165) is 4.90 Å². The summed E-state index contributed by atoms with van der Waals surface area (Å²) < 4.78 is 0. The number of hydrogen-bond donors (Lipinski definition) is 0. The lowest BCUT2D eigenvalue weighted by Gasteiger charge is -2.28. The Bertz CT molecular complexity index is 1240. The highest BCUT2D eigenvalue weighted by molar-refractivity contribution is 6.31. The lowest BCUT2D eigenvalue weighted by molar-refractivity contribution is -0.384. The van der Waals surface area contributed by atoms with Gasteiger partial charge in [-0.2, -0.15) is 0 Å². The fourth-order valence-electron chi connectivity index (χ4n) is 4.24. The Morgan fingerprint density at radius 1 is 0.875 bits per heavy atom. The second-order valence-electron chi connectivity index (χ2n) is 7.50. The number of halogens is 1. The number of nitro benzene ring substituents is 1. The van der Waals surface area contributed by atoms with Gasteiger partial charge in [0.15, 0.2) is 6.10 Å². The average Bonchev–Trinajstić information content (AvgIpc) is 3.30. The molecule has 0 bridgehead atoms. The van der Waals surface area contributed by atoms with Crippen molar-refractivity contribution in [3.63, 3.8) is 0 Å². The van der Waals surface area contributed by atoms with Crippen LogP contribution in [0, 0.1) is 16.0 Å². The smallest absolute Gasteiger partial charge is 0.269 e. The monoisotopic (exact) mass is 449 g/mol. The zero-order chi connectivity index (χ0) is 22.4. The van der Waals surface area contributed by atoms with Gasteiger partial charge in [0.1, 0.15) is 5.92 Å². The minimum atomic E-state index is -1.06. The SMILES string of the molecule is O=C1[C@@H]2[C@@H](ON(c3ccccc3)[C@H]2c2cccc([N+](=O)[O-])c2)C(=O)N1c1cccc(Cl)c1. The zero-order valence-corrected chi connectivity index (χ0v) is 17.3. The maximum atomic E-state index is 13.5.